The first-order valence-electron chi connectivity index (χ1n) is 7.98. The average molecular weight is 239 g/mol. The minimum Gasteiger partial charge on any atom is -0.316 e. The third-order valence-electron chi connectivity index (χ3n) is 4.39. The van der Waals surface area contributed by atoms with Crippen LogP contribution in [0.15, 0.2) is 0 Å². The second-order valence-electron chi connectivity index (χ2n) is 6.14. The molecule has 0 spiro atoms. The summed E-state index contributed by atoms with van der Waals surface area (Å²) < 4.78 is 0. The molecule has 1 heteroatoms. The van der Waals surface area contributed by atoms with E-state index in [0.717, 1.165) is 17.8 Å². The summed E-state index contributed by atoms with van der Waals surface area (Å²) in [6.07, 6.45) is 11.4. The molecule has 0 saturated heterocycles. The van der Waals surface area contributed by atoms with Gasteiger partial charge in [0.05, 0.1) is 0 Å². The van der Waals surface area contributed by atoms with E-state index in [1.54, 1.807) is 0 Å². The Kier molecular flexibility index (Phi) is 7.92. The molecule has 102 valence electrons. The average Bonchev–Trinajstić information content (AvgIpc) is 2.81. The summed E-state index contributed by atoms with van der Waals surface area (Å²) in [5.41, 5.74) is 0. The fourth-order valence-corrected chi connectivity index (χ4v) is 3.46. The summed E-state index contributed by atoms with van der Waals surface area (Å²) in [7, 11) is 0. The minimum absolute atomic E-state index is 0.925. The van der Waals surface area contributed by atoms with Gasteiger partial charge >= 0.3 is 0 Å². The Morgan fingerprint density at radius 1 is 1.12 bits per heavy atom. The van der Waals surface area contributed by atoms with E-state index in [9.17, 15) is 0 Å². The molecule has 1 aliphatic carbocycles. The maximum atomic E-state index is 3.66. The highest BCUT2D eigenvalue weighted by Gasteiger charge is 2.25. The Morgan fingerprint density at radius 3 is 2.41 bits per heavy atom. The Hall–Kier alpha value is -0.0400. The number of hydrogen-bond acceptors (Lipinski definition) is 1. The summed E-state index contributed by atoms with van der Waals surface area (Å²) in [5.74, 6) is 2.90. The van der Waals surface area contributed by atoms with Gasteiger partial charge in [0.2, 0.25) is 0 Å². The first kappa shape index (κ1) is 15.0. The lowest BCUT2D eigenvalue weighted by molar-refractivity contribution is 0.261. The van der Waals surface area contributed by atoms with Crippen LogP contribution in [0.5, 0.6) is 0 Å². The largest absolute Gasteiger partial charge is 0.316 e. The predicted octanol–water partition coefficient (Wildman–Crippen LogP) is 4.62. The maximum Gasteiger partial charge on any atom is -0.00178 e. The van der Waals surface area contributed by atoms with E-state index in [4.69, 9.17) is 0 Å². The van der Waals surface area contributed by atoms with Crippen molar-refractivity contribution in [2.45, 2.75) is 72.1 Å². The van der Waals surface area contributed by atoms with Crippen molar-refractivity contribution < 1.29 is 0 Å². The zero-order valence-corrected chi connectivity index (χ0v) is 12.3. The Labute approximate surface area is 109 Å². The SMILES string of the molecule is CCCNCC(CC(C)CCC)C1CCCC1. The quantitative estimate of drug-likeness (QED) is 0.579. The topological polar surface area (TPSA) is 12.0 Å². The number of rotatable bonds is 9. The molecule has 2 unspecified atom stereocenters. The van der Waals surface area contributed by atoms with Crippen LogP contribution in [0.25, 0.3) is 0 Å². The first-order chi connectivity index (χ1) is 8.27. The predicted molar refractivity (Wildman–Crippen MR) is 77.3 cm³/mol. The van der Waals surface area contributed by atoms with Crippen LogP contribution in [-0.4, -0.2) is 13.1 Å². The molecule has 1 N–H and O–H groups in total. The van der Waals surface area contributed by atoms with E-state index in [1.165, 1.54) is 64.5 Å². The van der Waals surface area contributed by atoms with Gasteiger partial charge in [-0.05, 0) is 43.7 Å². The van der Waals surface area contributed by atoms with Crippen molar-refractivity contribution in [3.05, 3.63) is 0 Å². The molecule has 0 aromatic heterocycles. The normalized spacial score (nSPS) is 20.6. The van der Waals surface area contributed by atoms with Crippen molar-refractivity contribution >= 4 is 0 Å². The molecule has 17 heavy (non-hydrogen) atoms. The zero-order valence-electron chi connectivity index (χ0n) is 12.3. The highest BCUT2D eigenvalue weighted by Crippen LogP contribution is 2.35. The van der Waals surface area contributed by atoms with Crippen molar-refractivity contribution in [2.24, 2.45) is 17.8 Å². The number of hydrogen-bond donors (Lipinski definition) is 1. The summed E-state index contributed by atoms with van der Waals surface area (Å²) in [6, 6.07) is 0. The molecule has 1 nitrogen and oxygen atoms in total. The number of nitrogens with one attached hydrogen (secondary N) is 1. The standard InChI is InChI=1S/C16H33N/c1-4-8-14(3)12-16(13-17-11-5-2)15-9-6-7-10-15/h14-17H,4-13H2,1-3H3. The van der Waals surface area contributed by atoms with Gasteiger partial charge in [0.25, 0.3) is 0 Å². The monoisotopic (exact) mass is 239 g/mol. The molecule has 0 aromatic rings. The molecule has 1 fully saturated rings. The van der Waals surface area contributed by atoms with Gasteiger partial charge in [0.15, 0.2) is 0 Å². The summed E-state index contributed by atoms with van der Waals surface area (Å²) in [4.78, 5) is 0. The van der Waals surface area contributed by atoms with Crippen LogP contribution in [0.2, 0.25) is 0 Å². The van der Waals surface area contributed by atoms with Gasteiger partial charge in [-0.3, -0.25) is 0 Å². The zero-order chi connectivity index (χ0) is 12.5. The molecule has 2 atom stereocenters. The van der Waals surface area contributed by atoms with Gasteiger partial charge < -0.3 is 5.32 Å². The van der Waals surface area contributed by atoms with Crippen LogP contribution in [0.1, 0.15) is 72.1 Å². The Morgan fingerprint density at radius 2 is 1.82 bits per heavy atom. The molecule has 1 rings (SSSR count). The van der Waals surface area contributed by atoms with Crippen LogP contribution < -0.4 is 5.32 Å². The first-order valence-corrected chi connectivity index (χ1v) is 7.98. The fraction of sp³-hybridized carbons (Fsp3) is 1.00. The molecule has 0 aliphatic heterocycles. The smallest absolute Gasteiger partial charge is 0.00178 e. The molecule has 0 amide bonds. The van der Waals surface area contributed by atoms with E-state index < -0.39 is 0 Å². The van der Waals surface area contributed by atoms with Gasteiger partial charge in [0.1, 0.15) is 0 Å². The Balaban J connectivity index is 2.34. The highest BCUT2D eigenvalue weighted by molar-refractivity contribution is 4.78. The van der Waals surface area contributed by atoms with Crippen LogP contribution in [-0.2, 0) is 0 Å². The van der Waals surface area contributed by atoms with Crippen LogP contribution >= 0.6 is 0 Å². The molecule has 1 aliphatic rings. The van der Waals surface area contributed by atoms with Crippen molar-refractivity contribution in [1.82, 2.24) is 5.32 Å². The van der Waals surface area contributed by atoms with Crippen LogP contribution in [0.3, 0.4) is 0 Å². The van der Waals surface area contributed by atoms with E-state index in [-0.39, 0.29) is 0 Å². The third kappa shape index (κ3) is 5.90. The van der Waals surface area contributed by atoms with Crippen LogP contribution in [0.4, 0.5) is 0 Å². The van der Waals surface area contributed by atoms with Crippen molar-refractivity contribution in [3.63, 3.8) is 0 Å². The minimum atomic E-state index is 0.925. The molecule has 0 bridgehead atoms. The van der Waals surface area contributed by atoms with E-state index in [2.05, 4.69) is 26.1 Å². The lowest BCUT2D eigenvalue weighted by Gasteiger charge is -2.26. The summed E-state index contributed by atoms with van der Waals surface area (Å²) in [6.45, 7) is 9.50. The molecular weight excluding hydrogens is 206 g/mol. The lowest BCUT2D eigenvalue weighted by Crippen LogP contribution is -2.29. The Bertz CT molecular complexity index is 172. The van der Waals surface area contributed by atoms with Gasteiger partial charge in [0, 0.05) is 0 Å². The molecule has 1 saturated carbocycles. The maximum absolute atomic E-state index is 3.66. The van der Waals surface area contributed by atoms with E-state index in [0.29, 0.717) is 0 Å². The lowest BCUT2D eigenvalue weighted by atomic mass is 9.82. The van der Waals surface area contributed by atoms with Gasteiger partial charge in [-0.2, -0.15) is 0 Å². The van der Waals surface area contributed by atoms with E-state index in [1.807, 2.05) is 0 Å². The van der Waals surface area contributed by atoms with Gasteiger partial charge in [-0.25, -0.2) is 0 Å². The van der Waals surface area contributed by atoms with Crippen LogP contribution in [0, 0.1) is 17.8 Å². The van der Waals surface area contributed by atoms with Crippen molar-refractivity contribution in [1.29, 1.82) is 0 Å². The third-order valence-corrected chi connectivity index (χ3v) is 4.39. The second-order valence-corrected chi connectivity index (χ2v) is 6.14. The fourth-order valence-electron chi connectivity index (χ4n) is 3.46. The summed E-state index contributed by atoms with van der Waals surface area (Å²) >= 11 is 0. The van der Waals surface area contributed by atoms with E-state index >= 15 is 0 Å². The van der Waals surface area contributed by atoms with Gasteiger partial charge in [-0.1, -0.05) is 59.3 Å². The summed E-state index contributed by atoms with van der Waals surface area (Å²) in [5, 5.41) is 3.66. The van der Waals surface area contributed by atoms with Crippen molar-refractivity contribution in [2.75, 3.05) is 13.1 Å². The molecular formula is C16H33N. The molecule has 0 radical (unpaired) electrons. The molecule has 0 heterocycles. The molecule has 0 aromatic carbocycles. The second kappa shape index (κ2) is 8.97. The highest BCUT2D eigenvalue weighted by atomic mass is 14.9. The van der Waals surface area contributed by atoms with Crippen molar-refractivity contribution in [3.8, 4) is 0 Å². The van der Waals surface area contributed by atoms with Gasteiger partial charge in [-0.15, -0.1) is 0 Å².